The van der Waals surface area contributed by atoms with E-state index in [-0.39, 0.29) is 11.4 Å². The number of carbonyl (C=O) groups excluding carboxylic acids is 1. The maximum Gasteiger partial charge on any atom is 0.416 e. The van der Waals surface area contributed by atoms with Gasteiger partial charge < -0.3 is 16.0 Å². The number of rotatable bonds is 5. The average Bonchev–Trinajstić information content (AvgIpc) is 3.25. The lowest BCUT2D eigenvalue weighted by Crippen LogP contribution is -2.17. The monoisotopic (exact) mass is 505 g/mol. The number of hydrogen-bond acceptors (Lipinski definition) is 5. The molecule has 0 spiro atoms. The molecule has 0 bridgehead atoms. The maximum absolute atomic E-state index is 14.1. The van der Waals surface area contributed by atoms with Crippen LogP contribution in [-0.2, 0) is 6.18 Å². The van der Waals surface area contributed by atoms with Gasteiger partial charge in [-0.15, -0.1) is 0 Å². The predicted octanol–water partition coefficient (Wildman–Crippen LogP) is 6.52. The van der Waals surface area contributed by atoms with Crippen molar-refractivity contribution >= 4 is 28.3 Å². The van der Waals surface area contributed by atoms with Crippen molar-refractivity contribution < 1.29 is 26.7 Å². The molecule has 4 N–H and O–H groups in total. The highest BCUT2D eigenvalue weighted by Gasteiger charge is 2.30. The van der Waals surface area contributed by atoms with Gasteiger partial charge in [-0.2, -0.15) is 18.1 Å². The van der Waals surface area contributed by atoms with E-state index >= 15 is 0 Å². The van der Waals surface area contributed by atoms with Gasteiger partial charge in [0.2, 0.25) is 0 Å². The van der Waals surface area contributed by atoms with E-state index in [0.717, 1.165) is 30.7 Å². The molecule has 4 rings (SSSR count). The van der Waals surface area contributed by atoms with Crippen molar-refractivity contribution in [3.05, 3.63) is 82.5 Å². The number of fused-ring (bicyclic) bond motifs is 1. The number of carbonyl (C=O) groups is 1. The van der Waals surface area contributed by atoms with Crippen molar-refractivity contribution in [2.45, 2.75) is 19.5 Å². The second-order valence-electron chi connectivity index (χ2n) is 7.53. The number of hydrogen-bond donors (Lipinski definition) is 3. The molecule has 0 saturated heterocycles. The van der Waals surface area contributed by atoms with Crippen LogP contribution in [0.15, 0.2) is 60.0 Å². The van der Waals surface area contributed by atoms with Crippen molar-refractivity contribution in [3.8, 4) is 11.1 Å². The number of amides is 1. The Balaban J connectivity index is 0.000000658. The van der Waals surface area contributed by atoms with Crippen LogP contribution in [0, 0.1) is 16.5 Å². The molecular weight excluding hydrogens is 485 g/mol. The Morgan fingerprint density at radius 2 is 1.83 bits per heavy atom. The van der Waals surface area contributed by atoms with Crippen LogP contribution in [0.25, 0.3) is 22.2 Å². The number of aromatic amines is 1. The Bertz CT molecular complexity index is 1380. The van der Waals surface area contributed by atoms with E-state index in [0.29, 0.717) is 28.7 Å². The summed E-state index contributed by atoms with van der Waals surface area (Å²) in [6, 6.07) is 7.92. The molecule has 0 atom stereocenters. The van der Waals surface area contributed by atoms with E-state index in [9.17, 15) is 26.7 Å². The Hall–Kier alpha value is -4.35. The highest BCUT2D eigenvalue weighted by atomic mass is 19.4. The number of H-pyrrole nitrogens is 1. The third-order valence-electron chi connectivity index (χ3n) is 4.98. The molecule has 36 heavy (non-hydrogen) atoms. The van der Waals surface area contributed by atoms with E-state index in [4.69, 9.17) is 10.6 Å². The third kappa shape index (κ3) is 5.82. The number of pyridine rings is 1. The van der Waals surface area contributed by atoms with Crippen LogP contribution in [-0.4, -0.2) is 22.4 Å². The van der Waals surface area contributed by atoms with E-state index in [1.807, 2.05) is 6.92 Å². The van der Waals surface area contributed by atoms with E-state index in [1.165, 1.54) is 24.4 Å². The van der Waals surface area contributed by atoms with Gasteiger partial charge in [-0.05, 0) is 42.3 Å². The van der Waals surface area contributed by atoms with E-state index in [1.54, 1.807) is 6.20 Å². The Morgan fingerprint density at radius 1 is 1.14 bits per heavy atom. The summed E-state index contributed by atoms with van der Waals surface area (Å²) in [5, 5.41) is 5.45. The first-order valence-corrected chi connectivity index (χ1v) is 10.6. The molecule has 4 aromatic rings. The average molecular weight is 505 g/mol. The minimum Gasteiger partial charge on any atom is -0.396 e. The molecule has 0 unspecified atom stereocenters. The predicted molar refractivity (Wildman–Crippen MR) is 126 cm³/mol. The number of alkyl halides is 3. The van der Waals surface area contributed by atoms with Gasteiger partial charge in [0.05, 0.1) is 29.7 Å². The quantitative estimate of drug-likeness (QED) is 0.163. The number of anilines is 2. The highest BCUT2D eigenvalue weighted by molar-refractivity contribution is 6.06. The standard InChI is InChI=1S/C21H13F5N4O.C3H7NO/c22-15-5-6-16(27)18(23)17(15)20(31)30-12-7-13-14(9-29-19(13)28-8-12)10-1-3-11(4-2-10)21(24,25)26;1-2-3-4-5/h1-9H,27H2,(H,28,29)(H,30,31);2-3H2,1H3. The summed E-state index contributed by atoms with van der Waals surface area (Å²) in [6.45, 7) is 2.38. The zero-order valence-electron chi connectivity index (χ0n) is 18.8. The summed E-state index contributed by atoms with van der Waals surface area (Å²) in [5.74, 6) is -3.32. The summed E-state index contributed by atoms with van der Waals surface area (Å²) in [5.41, 5.74) is 4.96. The number of nitroso groups, excluding NO2 is 1. The van der Waals surface area contributed by atoms with E-state index < -0.39 is 34.8 Å². The van der Waals surface area contributed by atoms with Gasteiger partial charge in [0.15, 0.2) is 5.82 Å². The Morgan fingerprint density at radius 3 is 2.42 bits per heavy atom. The number of nitrogen functional groups attached to an aromatic ring is 1. The summed E-state index contributed by atoms with van der Waals surface area (Å²) >= 11 is 0. The van der Waals surface area contributed by atoms with Crippen LogP contribution >= 0.6 is 0 Å². The van der Waals surface area contributed by atoms with Gasteiger partial charge in [0.25, 0.3) is 5.91 Å². The molecule has 0 aliphatic carbocycles. The van der Waals surface area contributed by atoms with Crippen LogP contribution in [0.5, 0.6) is 0 Å². The molecule has 12 heteroatoms. The molecule has 2 heterocycles. The highest BCUT2D eigenvalue weighted by Crippen LogP contribution is 2.33. The van der Waals surface area contributed by atoms with Crippen molar-refractivity contribution in [1.29, 1.82) is 0 Å². The number of nitrogens with zero attached hydrogens (tertiary/aromatic N) is 2. The molecule has 0 aliphatic rings. The molecular formula is C24H20F5N5O2. The van der Waals surface area contributed by atoms with Crippen molar-refractivity contribution in [2.75, 3.05) is 17.6 Å². The van der Waals surface area contributed by atoms with Gasteiger partial charge in [-0.1, -0.05) is 24.2 Å². The molecule has 0 fully saturated rings. The van der Waals surface area contributed by atoms with Gasteiger partial charge >= 0.3 is 6.18 Å². The van der Waals surface area contributed by atoms with Crippen molar-refractivity contribution in [1.82, 2.24) is 9.97 Å². The maximum atomic E-state index is 14.1. The molecule has 2 aromatic carbocycles. The second-order valence-corrected chi connectivity index (χ2v) is 7.53. The zero-order chi connectivity index (χ0) is 26.5. The number of nitrogens with two attached hydrogens (primary N) is 1. The van der Waals surface area contributed by atoms with Gasteiger partial charge in [0, 0.05) is 17.1 Å². The molecule has 7 nitrogen and oxygen atoms in total. The molecule has 0 radical (unpaired) electrons. The minimum atomic E-state index is -4.46. The summed E-state index contributed by atoms with van der Waals surface area (Å²) in [7, 11) is 0. The first kappa shape index (κ1) is 26.3. The zero-order valence-corrected chi connectivity index (χ0v) is 18.8. The van der Waals surface area contributed by atoms with Crippen LogP contribution in [0.3, 0.4) is 0 Å². The molecule has 1 amide bonds. The third-order valence-corrected chi connectivity index (χ3v) is 4.98. The summed E-state index contributed by atoms with van der Waals surface area (Å²) in [4.78, 5) is 28.6. The SMILES string of the molecule is CCCN=O.Nc1ccc(F)c(C(=O)Nc2cnc3[nH]cc(-c4ccc(C(F)(F)F)cc4)c3c2)c1F. The smallest absolute Gasteiger partial charge is 0.396 e. The van der Waals surface area contributed by atoms with Crippen molar-refractivity contribution in [3.63, 3.8) is 0 Å². The van der Waals surface area contributed by atoms with Gasteiger partial charge in [-0.25, -0.2) is 13.8 Å². The first-order chi connectivity index (χ1) is 17.1. The van der Waals surface area contributed by atoms with Crippen LogP contribution in [0.4, 0.5) is 33.3 Å². The van der Waals surface area contributed by atoms with Gasteiger partial charge in [-0.3, -0.25) is 4.79 Å². The number of nitrogens with one attached hydrogen (secondary N) is 2. The second kappa shape index (κ2) is 10.9. The fraction of sp³-hybridized carbons (Fsp3) is 0.167. The van der Waals surface area contributed by atoms with Gasteiger partial charge in [0.1, 0.15) is 17.0 Å². The van der Waals surface area contributed by atoms with Crippen molar-refractivity contribution in [2.24, 2.45) is 5.18 Å². The lowest BCUT2D eigenvalue weighted by Gasteiger charge is -2.09. The number of halogens is 5. The normalized spacial score (nSPS) is 11.1. The summed E-state index contributed by atoms with van der Waals surface area (Å²) < 4.78 is 66.4. The number of benzene rings is 2. The minimum absolute atomic E-state index is 0.131. The lowest BCUT2D eigenvalue weighted by atomic mass is 10.0. The lowest BCUT2D eigenvalue weighted by molar-refractivity contribution is -0.137. The van der Waals surface area contributed by atoms with Crippen LogP contribution < -0.4 is 11.1 Å². The Kier molecular flexibility index (Phi) is 7.97. The molecule has 2 aromatic heterocycles. The van der Waals surface area contributed by atoms with Crippen LogP contribution in [0.2, 0.25) is 0 Å². The van der Waals surface area contributed by atoms with Crippen LogP contribution in [0.1, 0.15) is 29.3 Å². The topological polar surface area (TPSA) is 113 Å². The summed E-state index contributed by atoms with van der Waals surface area (Å²) in [6.07, 6.45) is -0.759. The molecule has 0 saturated carbocycles. The molecule has 188 valence electrons. The fourth-order valence-electron chi connectivity index (χ4n) is 3.21. The first-order valence-electron chi connectivity index (χ1n) is 10.6. The Labute approximate surface area is 201 Å². The van der Waals surface area contributed by atoms with E-state index in [2.05, 4.69) is 20.5 Å². The fourth-order valence-corrected chi connectivity index (χ4v) is 3.21. The number of aromatic nitrogens is 2. The largest absolute Gasteiger partial charge is 0.416 e. The molecule has 0 aliphatic heterocycles.